The lowest BCUT2D eigenvalue weighted by molar-refractivity contribution is 0.386. The molecule has 0 radical (unpaired) electrons. The van der Waals surface area contributed by atoms with E-state index in [2.05, 4.69) is 20.9 Å². The summed E-state index contributed by atoms with van der Waals surface area (Å²) in [5.74, 6) is -0.139. The van der Waals surface area contributed by atoms with Gasteiger partial charge in [-0.15, -0.1) is 11.3 Å². The SMILES string of the molecule is COc1ccc(-c2ncsc2Br)cc1F. The van der Waals surface area contributed by atoms with Crippen molar-refractivity contribution in [1.29, 1.82) is 0 Å². The molecule has 1 aromatic carbocycles. The van der Waals surface area contributed by atoms with Crippen molar-refractivity contribution in [2.45, 2.75) is 0 Å². The molecule has 0 spiro atoms. The lowest BCUT2D eigenvalue weighted by Gasteiger charge is -2.03. The van der Waals surface area contributed by atoms with Crippen LogP contribution in [0.5, 0.6) is 5.75 Å². The highest BCUT2D eigenvalue weighted by atomic mass is 79.9. The molecule has 0 saturated heterocycles. The number of hydrogen-bond acceptors (Lipinski definition) is 3. The molecule has 0 aliphatic heterocycles. The lowest BCUT2D eigenvalue weighted by atomic mass is 10.1. The van der Waals surface area contributed by atoms with Crippen LogP contribution in [0.2, 0.25) is 0 Å². The monoisotopic (exact) mass is 287 g/mol. The topological polar surface area (TPSA) is 22.1 Å². The highest BCUT2D eigenvalue weighted by molar-refractivity contribution is 9.11. The number of thiazole rings is 1. The molecule has 0 amide bonds. The molecule has 0 bridgehead atoms. The Labute approximate surface area is 98.9 Å². The quantitative estimate of drug-likeness (QED) is 0.840. The summed E-state index contributed by atoms with van der Waals surface area (Å²) in [7, 11) is 1.44. The smallest absolute Gasteiger partial charge is 0.165 e. The number of nitrogens with zero attached hydrogens (tertiary/aromatic N) is 1. The minimum absolute atomic E-state index is 0.241. The number of methoxy groups -OCH3 is 1. The van der Waals surface area contributed by atoms with Crippen LogP contribution in [0.4, 0.5) is 4.39 Å². The standard InChI is InChI=1S/C10H7BrFNOS/c1-14-8-3-2-6(4-7(8)12)9-10(11)15-5-13-9/h2-5H,1H3. The first-order chi connectivity index (χ1) is 7.22. The van der Waals surface area contributed by atoms with Crippen LogP contribution in [0.15, 0.2) is 27.5 Å². The van der Waals surface area contributed by atoms with Crippen LogP contribution in [0.1, 0.15) is 0 Å². The molecular formula is C10H7BrFNOS. The van der Waals surface area contributed by atoms with Crippen molar-refractivity contribution in [3.8, 4) is 17.0 Å². The molecule has 5 heteroatoms. The predicted octanol–water partition coefficient (Wildman–Crippen LogP) is 3.72. The largest absolute Gasteiger partial charge is 0.494 e. The summed E-state index contributed by atoms with van der Waals surface area (Å²) < 4.78 is 19.1. The third-order valence-corrected chi connectivity index (χ3v) is 3.50. The Morgan fingerprint density at radius 2 is 2.27 bits per heavy atom. The van der Waals surface area contributed by atoms with Crippen LogP contribution in [0.25, 0.3) is 11.3 Å². The highest BCUT2D eigenvalue weighted by Gasteiger charge is 2.09. The zero-order valence-corrected chi connectivity index (χ0v) is 10.2. The van der Waals surface area contributed by atoms with Gasteiger partial charge >= 0.3 is 0 Å². The summed E-state index contributed by atoms with van der Waals surface area (Å²) >= 11 is 4.83. The molecular weight excluding hydrogens is 281 g/mol. The predicted molar refractivity (Wildman–Crippen MR) is 61.8 cm³/mol. The van der Waals surface area contributed by atoms with Crippen LogP contribution in [0, 0.1) is 5.82 Å². The van der Waals surface area contributed by atoms with Crippen molar-refractivity contribution in [2.75, 3.05) is 7.11 Å². The summed E-state index contributed by atoms with van der Waals surface area (Å²) in [4.78, 5) is 4.15. The van der Waals surface area contributed by atoms with Crippen molar-refractivity contribution >= 4 is 27.3 Å². The molecule has 0 fully saturated rings. The summed E-state index contributed by atoms with van der Waals surface area (Å²) in [6.07, 6.45) is 0. The second kappa shape index (κ2) is 4.28. The summed E-state index contributed by atoms with van der Waals surface area (Å²) in [6, 6.07) is 4.79. The first-order valence-electron chi connectivity index (χ1n) is 4.15. The van der Waals surface area contributed by atoms with E-state index in [1.165, 1.54) is 24.5 Å². The second-order valence-electron chi connectivity index (χ2n) is 2.82. The number of rotatable bonds is 2. The minimum Gasteiger partial charge on any atom is -0.494 e. The van der Waals surface area contributed by atoms with Crippen LogP contribution < -0.4 is 4.74 Å². The van der Waals surface area contributed by atoms with Gasteiger partial charge in [-0.05, 0) is 34.1 Å². The van der Waals surface area contributed by atoms with Crippen molar-refractivity contribution in [3.63, 3.8) is 0 Å². The van der Waals surface area contributed by atoms with Gasteiger partial charge in [0.25, 0.3) is 0 Å². The van der Waals surface area contributed by atoms with Gasteiger partial charge in [-0.25, -0.2) is 9.37 Å². The van der Waals surface area contributed by atoms with Gasteiger partial charge in [-0.2, -0.15) is 0 Å². The number of hydrogen-bond donors (Lipinski definition) is 0. The van der Waals surface area contributed by atoms with Gasteiger partial charge in [0.15, 0.2) is 11.6 Å². The Morgan fingerprint density at radius 3 is 2.80 bits per heavy atom. The van der Waals surface area contributed by atoms with E-state index in [0.29, 0.717) is 0 Å². The molecule has 1 aromatic heterocycles. The fraction of sp³-hybridized carbons (Fsp3) is 0.100. The van der Waals surface area contributed by atoms with E-state index >= 15 is 0 Å². The molecule has 0 unspecified atom stereocenters. The fourth-order valence-corrected chi connectivity index (χ4v) is 2.35. The Hall–Kier alpha value is -0.940. The van der Waals surface area contributed by atoms with Crippen molar-refractivity contribution in [2.24, 2.45) is 0 Å². The van der Waals surface area contributed by atoms with E-state index in [9.17, 15) is 4.39 Å². The van der Waals surface area contributed by atoms with Crippen LogP contribution >= 0.6 is 27.3 Å². The number of ether oxygens (including phenoxy) is 1. The van der Waals surface area contributed by atoms with E-state index in [1.54, 1.807) is 17.6 Å². The fourth-order valence-electron chi connectivity index (χ4n) is 1.23. The molecule has 78 valence electrons. The highest BCUT2D eigenvalue weighted by Crippen LogP contribution is 2.32. The normalized spacial score (nSPS) is 10.3. The van der Waals surface area contributed by atoms with Gasteiger partial charge in [0.1, 0.15) is 0 Å². The Bertz CT molecular complexity index is 486. The molecule has 0 N–H and O–H groups in total. The molecule has 2 aromatic rings. The van der Waals surface area contributed by atoms with Crippen molar-refractivity contribution < 1.29 is 9.13 Å². The minimum atomic E-state index is -0.380. The van der Waals surface area contributed by atoms with Gasteiger partial charge in [-0.1, -0.05) is 0 Å². The maximum absolute atomic E-state index is 13.4. The Morgan fingerprint density at radius 1 is 1.47 bits per heavy atom. The van der Waals surface area contributed by atoms with Crippen molar-refractivity contribution in [1.82, 2.24) is 4.98 Å². The number of halogens is 2. The van der Waals surface area contributed by atoms with Gasteiger partial charge in [-0.3, -0.25) is 0 Å². The van der Waals surface area contributed by atoms with Crippen molar-refractivity contribution in [3.05, 3.63) is 33.3 Å². The van der Waals surface area contributed by atoms with E-state index in [-0.39, 0.29) is 11.6 Å². The van der Waals surface area contributed by atoms with Crippen LogP contribution in [0.3, 0.4) is 0 Å². The zero-order chi connectivity index (χ0) is 10.8. The molecule has 0 saturated carbocycles. The Balaban J connectivity index is 2.47. The van der Waals surface area contributed by atoms with E-state index in [0.717, 1.165) is 15.0 Å². The van der Waals surface area contributed by atoms with E-state index in [1.807, 2.05) is 0 Å². The van der Waals surface area contributed by atoms with Gasteiger partial charge < -0.3 is 4.74 Å². The molecule has 15 heavy (non-hydrogen) atoms. The van der Waals surface area contributed by atoms with E-state index < -0.39 is 0 Å². The average Bonchev–Trinajstić information content (AvgIpc) is 2.64. The maximum atomic E-state index is 13.4. The van der Waals surface area contributed by atoms with Gasteiger partial charge in [0.2, 0.25) is 0 Å². The average molecular weight is 288 g/mol. The number of benzene rings is 1. The van der Waals surface area contributed by atoms with Gasteiger partial charge in [0.05, 0.1) is 22.1 Å². The van der Waals surface area contributed by atoms with Crippen LogP contribution in [-0.4, -0.2) is 12.1 Å². The van der Waals surface area contributed by atoms with Crippen LogP contribution in [-0.2, 0) is 0 Å². The lowest BCUT2D eigenvalue weighted by Crippen LogP contribution is -1.88. The molecule has 1 heterocycles. The molecule has 2 rings (SSSR count). The third-order valence-electron chi connectivity index (χ3n) is 1.95. The molecule has 0 atom stereocenters. The molecule has 0 aliphatic rings. The van der Waals surface area contributed by atoms with E-state index in [4.69, 9.17) is 4.74 Å². The van der Waals surface area contributed by atoms with Gasteiger partial charge in [0, 0.05) is 5.56 Å². The Kier molecular flexibility index (Phi) is 3.02. The second-order valence-corrected chi connectivity index (χ2v) is 5.00. The maximum Gasteiger partial charge on any atom is 0.165 e. The number of aromatic nitrogens is 1. The summed E-state index contributed by atoms with van der Waals surface area (Å²) in [5.41, 5.74) is 3.20. The first-order valence-corrected chi connectivity index (χ1v) is 5.82. The molecule has 0 aliphatic carbocycles. The first kappa shape index (κ1) is 10.6. The summed E-state index contributed by atoms with van der Waals surface area (Å²) in [6.45, 7) is 0. The zero-order valence-electron chi connectivity index (χ0n) is 7.83. The summed E-state index contributed by atoms with van der Waals surface area (Å²) in [5, 5.41) is 0. The molecule has 2 nitrogen and oxygen atoms in total. The third kappa shape index (κ3) is 2.03.